The highest BCUT2D eigenvalue weighted by atomic mass is 19.1. The van der Waals surface area contributed by atoms with E-state index in [0.29, 0.717) is 13.1 Å². The summed E-state index contributed by atoms with van der Waals surface area (Å²) in [6.07, 6.45) is 1.76. The number of carbonyl (C=O) groups is 1. The van der Waals surface area contributed by atoms with Crippen molar-refractivity contribution in [2.24, 2.45) is 5.92 Å². The van der Waals surface area contributed by atoms with Crippen LogP contribution in [0.2, 0.25) is 0 Å². The molecule has 1 aliphatic heterocycles. The molecule has 0 saturated carbocycles. The summed E-state index contributed by atoms with van der Waals surface area (Å²) in [6.45, 7) is 9.96. The van der Waals surface area contributed by atoms with Crippen molar-refractivity contribution in [1.82, 2.24) is 25.3 Å². The van der Waals surface area contributed by atoms with Crippen molar-refractivity contribution >= 4 is 6.03 Å². The molecule has 1 fully saturated rings. The maximum atomic E-state index is 13.9. The summed E-state index contributed by atoms with van der Waals surface area (Å²) in [5.41, 5.74) is 3.08. The third kappa shape index (κ3) is 6.69. The number of carbonyl (C=O) groups excluding carboxylic acids is 1. The van der Waals surface area contributed by atoms with E-state index in [9.17, 15) is 9.18 Å². The number of piperidine rings is 1. The normalized spacial score (nSPS) is 16.2. The summed E-state index contributed by atoms with van der Waals surface area (Å²) >= 11 is 0. The second-order valence-electron chi connectivity index (χ2n) is 8.59. The molecule has 31 heavy (non-hydrogen) atoms. The van der Waals surface area contributed by atoms with E-state index in [2.05, 4.69) is 33.6 Å². The molecule has 7 nitrogen and oxygen atoms in total. The monoisotopic (exact) mass is 431 g/mol. The van der Waals surface area contributed by atoms with Crippen LogP contribution in [0, 0.1) is 25.6 Å². The summed E-state index contributed by atoms with van der Waals surface area (Å²) in [5, 5.41) is 10.6. The van der Waals surface area contributed by atoms with Gasteiger partial charge in [-0.15, -0.1) is 0 Å². The van der Waals surface area contributed by atoms with Gasteiger partial charge in [0.05, 0.1) is 12.8 Å². The number of urea groups is 1. The molecule has 0 bridgehead atoms. The number of hydrogen-bond acceptors (Lipinski definition) is 4. The molecule has 1 unspecified atom stereocenters. The minimum Gasteiger partial charge on any atom is -0.494 e. The van der Waals surface area contributed by atoms with Crippen LogP contribution in [0.4, 0.5) is 9.18 Å². The van der Waals surface area contributed by atoms with Gasteiger partial charge in [-0.2, -0.15) is 5.10 Å². The fourth-order valence-corrected chi connectivity index (χ4v) is 4.02. The first-order valence-corrected chi connectivity index (χ1v) is 10.9. The number of methoxy groups -OCH3 is 1. The highest BCUT2D eigenvalue weighted by molar-refractivity contribution is 5.74. The van der Waals surface area contributed by atoms with Gasteiger partial charge in [-0.3, -0.25) is 9.58 Å². The first kappa shape index (κ1) is 23.1. The predicted molar refractivity (Wildman–Crippen MR) is 119 cm³/mol. The highest BCUT2D eigenvalue weighted by Gasteiger charge is 2.21. The Morgan fingerprint density at radius 2 is 2.03 bits per heavy atom. The van der Waals surface area contributed by atoms with E-state index in [1.165, 1.54) is 13.2 Å². The third-order valence-corrected chi connectivity index (χ3v) is 5.74. The molecule has 1 saturated heterocycles. The summed E-state index contributed by atoms with van der Waals surface area (Å²) in [4.78, 5) is 14.6. The van der Waals surface area contributed by atoms with Crippen molar-refractivity contribution in [3.63, 3.8) is 0 Å². The Morgan fingerprint density at radius 3 is 2.65 bits per heavy atom. The molecule has 8 heteroatoms. The summed E-state index contributed by atoms with van der Waals surface area (Å²) in [6, 6.07) is 7.20. The number of hydrogen-bond donors (Lipinski definition) is 2. The number of rotatable bonds is 8. The van der Waals surface area contributed by atoms with E-state index in [1.54, 1.807) is 6.07 Å². The van der Waals surface area contributed by atoms with Gasteiger partial charge in [0.15, 0.2) is 11.6 Å². The smallest absolute Gasteiger partial charge is 0.315 e. The van der Waals surface area contributed by atoms with E-state index in [-0.39, 0.29) is 29.6 Å². The average molecular weight is 432 g/mol. The van der Waals surface area contributed by atoms with Gasteiger partial charge in [0.1, 0.15) is 0 Å². The minimum absolute atomic E-state index is 0.115. The van der Waals surface area contributed by atoms with E-state index < -0.39 is 0 Å². The first-order chi connectivity index (χ1) is 14.8. The zero-order chi connectivity index (χ0) is 22.4. The molecule has 0 aliphatic carbocycles. The fraction of sp³-hybridized carbons (Fsp3) is 0.565. The Hall–Kier alpha value is -2.61. The molecule has 170 valence electrons. The van der Waals surface area contributed by atoms with Crippen LogP contribution in [-0.4, -0.2) is 53.5 Å². The number of amides is 2. The van der Waals surface area contributed by atoms with Crippen LogP contribution < -0.4 is 15.4 Å². The van der Waals surface area contributed by atoms with Crippen molar-refractivity contribution in [1.29, 1.82) is 0 Å². The molecule has 0 spiro atoms. The van der Waals surface area contributed by atoms with Crippen LogP contribution in [0.1, 0.15) is 36.7 Å². The number of ether oxygens (including phenoxy) is 1. The second-order valence-corrected chi connectivity index (χ2v) is 8.59. The molecule has 2 aromatic rings. The molecular formula is C23H34FN5O2. The lowest BCUT2D eigenvalue weighted by Crippen LogP contribution is -2.48. The molecule has 1 aliphatic rings. The van der Waals surface area contributed by atoms with Gasteiger partial charge < -0.3 is 15.4 Å². The number of aryl methyl sites for hydroxylation is 2. The molecule has 1 aromatic heterocycles. The molecule has 3 rings (SSSR count). The zero-order valence-electron chi connectivity index (χ0n) is 18.9. The maximum Gasteiger partial charge on any atom is 0.315 e. The zero-order valence-corrected chi connectivity index (χ0v) is 18.9. The molecule has 1 aromatic carbocycles. The van der Waals surface area contributed by atoms with Gasteiger partial charge in [-0.25, -0.2) is 9.18 Å². The summed E-state index contributed by atoms with van der Waals surface area (Å²) < 4.78 is 20.8. The van der Waals surface area contributed by atoms with Crippen LogP contribution in [0.15, 0.2) is 24.3 Å². The average Bonchev–Trinajstić information content (AvgIpc) is 3.04. The molecular weight excluding hydrogens is 397 g/mol. The Labute approximate surface area is 183 Å². The Morgan fingerprint density at radius 1 is 1.29 bits per heavy atom. The van der Waals surface area contributed by atoms with Crippen molar-refractivity contribution in [3.8, 4) is 5.75 Å². The lowest BCUT2D eigenvalue weighted by molar-refractivity contribution is 0.186. The number of nitrogens with zero attached hydrogens (tertiary/aromatic N) is 3. The third-order valence-electron chi connectivity index (χ3n) is 5.74. The summed E-state index contributed by atoms with van der Waals surface area (Å²) in [7, 11) is 1.47. The van der Waals surface area contributed by atoms with Crippen molar-refractivity contribution in [2.45, 2.75) is 52.7 Å². The largest absolute Gasteiger partial charge is 0.494 e. The van der Waals surface area contributed by atoms with Crippen LogP contribution in [0.5, 0.6) is 5.75 Å². The second kappa shape index (κ2) is 10.6. The molecule has 2 amide bonds. The fourth-order valence-electron chi connectivity index (χ4n) is 4.02. The van der Waals surface area contributed by atoms with Crippen LogP contribution in [0.25, 0.3) is 0 Å². The Kier molecular flexibility index (Phi) is 7.90. The van der Waals surface area contributed by atoms with Gasteiger partial charge in [0.2, 0.25) is 0 Å². The lowest BCUT2D eigenvalue weighted by Gasteiger charge is -2.32. The minimum atomic E-state index is -0.333. The molecule has 2 heterocycles. The number of nitrogens with one attached hydrogen (secondary N) is 2. The van der Waals surface area contributed by atoms with Crippen LogP contribution in [-0.2, 0) is 13.1 Å². The van der Waals surface area contributed by atoms with E-state index in [4.69, 9.17) is 4.74 Å². The van der Waals surface area contributed by atoms with E-state index in [0.717, 1.165) is 49.4 Å². The maximum absolute atomic E-state index is 13.9. The topological polar surface area (TPSA) is 71.4 Å². The van der Waals surface area contributed by atoms with Crippen LogP contribution >= 0.6 is 0 Å². The van der Waals surface area contributed by atoms with Crippen molar-refractivity contribution < 1.29 is 13.9 Å². The SMILES string of the molecule is COc1ccc(CN2CCC(NC(=O)NCC(C)Cn3nc(C)cc3C)CC2)cc1F. The number of likely N-dealkylation sites (tertiary alicyclic amines) is 1. The van der Waals surface area contributed by atoms with Gasteiger partial charge in [-0.05, 0) is 56.4 Å². The number of halogens is 1. The van der Waals surface area contributed by atoms with Gasteiger partial charge >= 0.3 is 6.03 Å². The van der Waals surface area contributed by atoms with Gasteiger partial charge in [-0.1, -0.05) is 13.0 Å². The van der Waals surface area contributed by atoms with Crippen LogP contribution in [0.3, 0.4) is 0 Å². The first-order valence-electron chi connectivity index (χ1n) is 10.9. The predicted octanol–water partition coefficient (Wildman–Crippen LogP) is 3.25. The quantitative estimate of drug-likeness (QED) is 0.673. The highest BCUT2D eigenvalue weighted by Crippen LogP contribution is 2.20. The summed E-state index contributed by atoms with van der Waals surface area (Å²) in [5.74, 6) is 0.220. The van der Waals surface area contributed by atoms with Crippen molar-refractivity contribution in [2.75, 3.05) is 26.7 Å². The number of benzene rings is 1. The van der Waals surface area contributed by atoms with E-state index >= 15 is 0 Å². The van der Waals surface area contributed by atoms with Gasteiger partial charge in [0.25, 0.3) is 0 Å². The van der Waals surface area contributed by atoms with Crippen molar-refractivity contribution in [3.05, 3.63) is 47.0 Å². The molecule has 1 atom stereocenters. The Balaban J connectivity index is 1.36. The Bertz CT molecular complexity index is 877. The molecule has 0 radical (unpaired) electrons. The van der Waals surface area contributed by atoms with Gasteiger partial charge in [0, 0.05) is 44.5 Å². The van der Waals surface area contributed by atoms with E-state index in [1.807, 2.05) is 24.6 Å². The standard InChI is InChI=1S/C23H34FN5O2/c1-16(14-29-18(3)11-17(2)27-29)13-25-23(30)26-20-7-9-28(10-8-20)15-19-5-6-22(31-4)21(24)12-19/h5-6,11-12,16,20H,7-10,13-15H2,1-4H3,(H2,25,26,30). The lowest BCUT2D eigenvalue weighted by atomic mass is 10.0. The number of aromatic nitrogens is 2. The molecule has 2 N–H and O–H groups in total.